The highest BCUT2D eigenvalue weighted by atomic mass is 32.2. The maximum absolute atomic E-state index is 11.5. The standard InChI is InChI=1S/C8H19NO3S/c1-4-7(2)13(11,12)6-8(10)5-9-3/h7-10H,4-6H2,1-3H3. The van der Waals surface area contributed by atoms with Crippen LogP contribution in [0, 0.1) is 0 Å². The lowest BCUT2D eigenvalue weighted by atomic mass is 10.4. The Labute approximate surface area is 80.3 Å². The van der Waals surface area contributed by atoms with Crippen LogP contribution >= 0.6 is 0 Å². The Morgan fingerprint density at radius 3 is 2.38 bits per heavy atom. The molecule has 0 bridgehead atoms. The maximum Gasteiger partial charge on any atom is 0.155 e. The molecule has 5 heteroatoms. The molecule has 0 heterocycles. The molecule has 0 amide bonds. The topological polar surface area (TPSA) is 66.4 Å². The molecule has 0 radical (unpaired) electrons. The fourth-order valence-electron chi connectivity index (χ4n) is 0.981. The predicted molar refractivity (Wildman–Crippen MR) is 53.5 cm³/mol. The van der Waals surface area contributed by atoms with E-state index in [-0.39, 0.29) is 11.0 Å². The molecule has 0 aliphatic rings. The van der Waals surface area contributed by atoms with Gasteiger partial charge < -0.3 is 10.4 Å². The van der Waals surface area contributed by atoms with Gasteiger partial charge in [0, 0.05) is 6.54 Å². The zero-order chi connectivity index (χ0) is 10.5. The van der Waals surface area contributed by atoms with Crippen LogP contribution in [0.15, 0.2) is 0 Å². The summed E-state index contributed by atoms with van der Waals surface area (Å²) in [6.07, 6.45) is -0.210. The van der Waals surface area contributed by atoms with E-state index >= 15 is 0 Å². The van der Waals surface area contributed by atoms with Gasteiger partial charge in [0.1, 0.15) is 0 Å². The molecule has 0 saturated heterocycles. The Kier molecular flexibility index (Phi) is 5.51. The highest BCUT2D eigenvalue weighted by Gasteiger charge is 2.22. The van der Waals surface area contributed by atoms with Crippen molar-refractivity contribution >= 4 is 9.84 Å². The van der Waals surface area contributed by atoms with Crippen molar-refractivity contribution in [3.05, 3.63) is 0 Å². The molecular weight excluding hydrogens is 190 g/mol. The summed E-state index contributed by atoms with van der Waals surface area (Å²) in [6.45, 7) is 3.81. The van der Waals surface area contributed by atoms with E-state index in [0.717, 1.165) is 0 Å². The van der Waals surface area contributed by atoms with Crippen molar-refractivity contribution in [2.45, 2.75) is 31.6 Å². The summed E-state index contributed by atoms with van der Waals surface area (Å²) in [5.74, 6) is -0.150. The van der Waals surface area contributed by atoms with Crippen LogP contribution in [0.2, 0.25) is 0 Å². The molecule has 0 aromatic rings. The monoisotopic (exact) mass is 209 g/mol. The molecule has 4 nitrogen and oxygen atoms in total. The van der Waals surface area contributed by atoms with Crippen molar-refractivity contribution in [2.24, 2.45) is 0 Å². The first-order valence-electron chi connectivity index (χ1n) is 4.48. The van der Waals surface area contributed by atoms with Crippen LogP contribution in [-0.2, 0) is 9.84 Å². The van der Waals surface area contributed by atoms with Gasteiger partial charge in [0.15, 0.2) is 9.84 Å². The maximum atomic E-state index is 11.5. The summed E-state index contributed by atoms with van der Waals surface area (Å²) in [6, 6.07) is 0. The summed E-state index contributed by atoms with van der Waals surface area (Å²) < 4.78 is 22.9. The highest BCUT2D eigenvalue weighted by molar-refractivity contribution is 7.92. The van der Waals surface area contributed by atoms with E-state index in [1.165, 1.54) is 0 Å². The van der Waals surface area contributed by atoms with Gasteiger partial charge in [-0.3, -0.25) is 0 Å². The lowest BCUT2D eigenvalue weighted by Gasteiger charge is -2.14. The summed E-state index contributed by atoms with van der Waals surface area (Å²) in [7, 11) is -1.44. The van der Waals surface area contributed by atoms with E-state index in [1.54, 1.807) is 14.0 Å². The number of sulfone groups is 1. The second kappa shape index (κ2) is 5.57. The Morgan fingerprint density at radius 2 is 2.00 bits per heavy atom. The zero-order valence-electron chi connectivity index (χ0n) is 8.45. The second-order valence-electron chi connectivity index (χ2n) is 3.26. The highest BCUT2D eigenvalue weighted by Crippen LogP contribution is 2.07. The molecular formula is C8H19NO3S. The fourth-order valence-corrected chi connectivity index (χ4v) is 2.47. The van der Waals surface area contributed by atoms with Crippen molar-refractivity contribution in [1.29, 1.82) is 0 Å². The lowest BCUT2D eigenvalue weighted by Crippen LogP contribution is -2.34. The van der Waals surface area contributed by atoms with Crippen molar-refractivity contribution in [2.75, 3.05) is 19.3 Å². The molecule has 0 rings (SSSR count). The van der Waals surface area contributed by atoms with E-state index < -0.39 is 15.9 Å². The average Bonchev–Trinajstić information content (AvgIpc) is 2.02. The molecule has 0 spiro atoms. The summed E-state index contributed by atoms with van der Waals surface area (Å²) in [4.78, 5) is 0. The van der Waals surface area contributed by atoms with Gasteiger partial charge in [0.2, 0.25) is 0 Å². The van der Waals surface area contributed by atoms with E-state index in [9.17, 15) is 13.5 Å². The average molecular weight is 209 g/mol. The van der Waals surface area contributed by atoms with E-state index in [2.05, 4.69) is 5.32 Å². The first kappa shape index (κ1) is 12.9. The number of aliphatic hydroxyl groups excluding tert-OH is 1. The minimum atomic E-state index is -3.12. The molecule has 0 fully saturated rings. The van der Waals surface area contributed by atoms with Crippen LogP contribution in [0.3, 0.4) is 0 Å². The molecule has 2 N–H and O–H groups in total. The predicted octanol–water partition coefficient (Wildman–Crippen LogP) is -0.220. The van der Waals surface area contributed by atoms with Crippen LogP contribution in [0.4, 0.5) is 0 Å². The third-order valence-electron chi connectivity index (χ3n) is 2.05. The molecule has 0 aliphatic heterocycles. The van der Waals surface area contributed by atoms with Gasteiger partial charge in [-0.15, -0.1) is 0 Å². The van der Waals surface area contributed by atoms with Crippen LogP contribution in [0.1, 0.15) is 20.3 Å². The van der Waals surface area contributed by atoms with Gasteiger partial charge in [0.05, 0.1) is 17.1 Å². The van der Waals surface area contributed by atoms with Crippen molar-refractivity contribution in [3.63, 3.8) is 0 Å². The van der Waals surface area contributed by atoms with Crippen molar-refractivity contribution in [1.82, 2.24) is 5.32 Å². The van der Waals surface area contributed by atoms with Crippen LogP contribution in [-0.4, -0.2) is 44.2 Å². The van der Waals surface area contributed by atoms with E-state index in [4.69, 9.17) is 0 Å². The fraction of sp³-hybridized carbons (Fsp3) is 1.00. The third kappa shape index (κ3) is 4.59. The van der Waals surface area contributed by atoms with Gasteiger partial charge in [-0.2, -0.15) is 0 Å². The van der Waals surface area contributed by atoms with Crippen LogP contribution < -0.4 is 5.32 Å². The molecule has 0 aliphatic carbocycles. The third-order valence-corrected chi connectivity index (χ3v) is 4.46. The second-order valence-corrected chi connectivity index (χ2v) is 5.72. The molecule has 13 heavy (non-hydrogen) atoms. The van der Waals surface area contributed by atoms with Crippen molar-refractivity contribution in [3.8, 4) is 0 Å². The molecule has 0 saturated carbocycles. The van der Waals surface area contributed by atoms with E-state index in [0.29, 0.717) is 13.0 Å². The van der Waals surface area contributed by atoms with E-state index in [1.807, 2.05) is 6.92 Å². The molecule has 2 unspecified atom stereocenters. The summed E-state index contributed by atoms with van der Waals surface area (Å²) in [5, 5.41) is 11.7. The number of likely N-dealkylation sites (N-methyl/N-ethyl adjacent to an activating group) is 1. The SMILES string of the molecule is CCC(C)S(=O)(=O)CC(O)CNC. The Hall–Kier alpha value is -0.130. The van der Waals surface area contributed by atoms with Crippen LogP contribution in [0.25, 0.3) is 0 Å². The Morgan fingerprint density at radius 1 is 1.46 bits per heavy atom. The minimum absolute atomic E-state index is 0.150. The minimum Gasteiger partial charge on any atom is -0.391 e. The lowest BCUT2D eigenvalue weighted by molar-refractivity contribution is 0.196. The number of hydrogen-bond donors (Lipinski definition) is 2. The number of rotatable bonds is 6. The molecule has 2 atom stereocenters. The first-order valence-corrected chi connectivity index (χ1v) is 6.19. The molecule has 80 valence electrons. The summed E-state index contributed by atoms with van der Waals surface area (Å²) >= 11 is 0. The normalized spacial score (nSPS) is 16.9. The smallest absolute Gasteiger partial charge is 0.155 e. The van der Waals surface area contributed by atoms with Gasteiger partial charge in [0.25, 0.3) is 0 Å². The van der Waals surface area contributed by atoms with Gasteiger partial charge >= 0.3 is 0 Å². The largest absolute Gasteiger partial charge is 0.391 e. The van der Waals surface area contributed by atoms with Gasteiger partial charge in [-0.1, -0.05) is 6.92 Å². The van der Waals surface area contributed by atoms with Crippen molar-refractivity contribution < 1.29 is 13.5 Å². The quantitative estimate of drug-likeness (QED) is 0.635. The van der Waals surface area contributed by atoms with Crippen LogP contribution in [0.5, 0.6) is 0 Å². The first-order chi connectivity index (χ1) is 5.94. The number of aliphatic hydroxyl groups is 1. The zero-order valence-corrected chi connectivity index (χ0v) is 9.26. The Bertz CT molecular complexity index is 226. The molecule has 0 aromatic carbocycles. The van der Waals surface area contributed by atoms with Gasteiger partial charge in [-0.05, 0) is 20.4 Å². The Balaban J connectivity index is 4.17. The molecule has 0 aromatic heterocycles. The number of hydrogen-bond acceptors (Lipinski definition) is 4. The number of nitrogens with one attached hydrogen (secondary N) is 1. The van der Waals surface area contributed by atoms with Gasteiger partial charge in [-0.25, -0.2) is 8.42 Å². The summed E-state index contributed by atoms with van der Waals surface area (Å²) in [5.41, 5.74) is 0.